The van der Waals surface area contributed by atoms with E-state index in [-0.39, 0.29) is 41.1 Å². The number of para-hydroxylation sites is 1. The number of ketones is 1. The maximum atomic E-state index is 14.0. The minimum absolute atomic E-state index is 0.0607. The number of hydrogen-bond acceptors (Lipinski definition) is 8. The number of nitrogens with zero attached hydrogens (tertiary/aromatic N) is 5. The number of aromatic nitrogens is 4. The van der Waals surface area contributed by atoms with Gasteiger partial charge in [-0.05, 0) is 65.5 Å². The van der Waals surface area contributed by atoms with Crippen molar-refractivity contribution in [2.75, 3.05) is 23.3 Å². The molecule has 1 atom stereocenters. The molecule has 0 unspecified atom stereocenters. The first-order chi connectivity index (χ1) is 21.4. The zero-order valence-corrected chi connectivity index (χ0v) is 26.3. The van der Waals surface area contributed by atoms with E-state index in [0.717, 1.165) is 30.3 Å². The predicted molar refractivity (Wildman–Crippen MR) is 169 cm³/mol. The third-order valence-corrected chi connectivity index (χ3v) is 7.79. The Bertz CT molecular complexity index is 1830. The number of aryl methyl sites for hydroxylation is 1. The van der Waals surface area contributed by atoms with Gasteiger partial charge in [0.25, 0.3) is 5.56 Å². The van der Waals surface area contributed by atoms with Gasteiger partial charge in [0.05, 0.1) is 18.8 Å². The van der Waals surface area contributed by atoms with Crippen LogP contribution >= 0.6 is 0 Å². The van der Waals surface area contributed by atoms with Crippen LogP contribution in [-0.4, -0.2) is 61.2 Å². The van der Waals surface area contributed by atoms with Crippen LogP contribution in [0.25, 0.3) is 11.2 Å². The van der Waals surface area contributed by atoms with E-state index in [1.165, 1.54) is 11.6 Å². The van der Waals surface area contributed by atoms with Gasteiger partial charge < -0.3 is 20.3 Å². The quantitative estimate of drug-likeness (QED) is 0.290. The number of Topliss-reactive ketones (excluding diaryl/α,β-unsaturated/α-hetero) is 1. The summed E-state index contributed by atoms with van der Waals surface area (Å²) in [6.07, 6.45) is 2.59. The molecule has 2 fully saturated rings. The van der Waals surface area contributed by atoms with Crippen molar-refractivity contribution < 1.29 is 19.1 Å². The molecule has 3 heterocycles. The summed E-state index contributed by atoms with van der Waals surface area (Å²) in [5, 5.41) is 5.73. The number of imidazole rings is 1. The molecule has 0 bridgehead atoms. The van der Waals surface area contributed by atoms with Crippen LogP contribution in [0.1, 0.15) is 63.7 Å². The van der Waals surface area contributed by atoms with E-state index >= 15 is 0 Å². The van der Waals surface area contributed by atoms with Crippen molar-refractivity contribution in [2.45, 2.75) is 78.1 Å². The number of benzene rings is 1. The largest absolute Gasteiger partial charge is 0.444 e. The zero-order valence-electron chi connectivity index (χ0n) is 26.3. The third-order valence-electron chi connectivity index (χ3n) is 7.79. The number of ether oxygens (including phenoxy) is 1. The molecule has 13 heteroatoms. The number of anilines is 2. The van der Waals surface area contributed by atoms with Crippen LogP contribution in [-0.2, 0) is 29.7 Å². The zero-order chi connectivity index (χ0) is 32.5. The minimum Gasteiger partial charge on any atom is -0.444 e. The van der Waals surface area contributed by atoms with Crippen molar-refractivity contribution in [3.05, 3.63) is 50.7 Å². The highest BCUT2D eigenvalue weighted by Crippen LogP contribution is 2.31. The van der Waals surface area contributed by atoms with E-state index < -0.39 is 35.3 Å². The molecule has 45 heavy (non-hydrogen) atoms. The molecule has 2 aromatic heterocycles. The third kappa shape index (κ3) is 6.95. The van der Waals surface area contributed by atoms with Gasteiger partial charge in [-0.1, -0.05) is 18.1 Å². The molecule has 1 saturated heterocycles. The molecule has 238 valence electrons. The Morgan fingerprint density at radius 1 is 1.09 bits per heavy atom. The fraction of sp³-hybridized carbons (Fsp3) is 0.500. The van der Waals surface area contributed by atoms with Gasteiger partial charge >= 0.3 is 11.8 Å². The molecule has 1 saturated carbocycles. The van der Waals surface area contributed by atoms with Gasteiger partial charge in [-0.15, -0.1) is 5.92 Å². The monoisotopic (exact) mass is 617 g/mol. The Kier molecular flexibility index (Phi) is 8.86. The van der Waals surface area contributed by atoms with Gasteiger partial charge in [-0.2, -0.15) is 4.98 Å². The lowest BCUT2D eigenvalue weighted by Gasteiger charge is -2.34. The lowest BCUT2D eigenvalue weighted by molar-refractivity contribution is -0.117. The van der Waals surface area contributed by atoms with Crippen molar-refractivity contribution >= 4 is 40.6 Å². The second-order valence-corrected chi connectivity index (χ2v) is 12.5. The van der Waals surface area contributed by atoms with Gasteiger partial charge in [0.2, 0.25) is 11.9 Å². The lowest BCUT2D eigenvalue weighted by atomic mass is 10.1. The number of nitrogens with one attached hydrogen (secondary N) is 2. The predicted octanol–water partition coefficient (Wildman–Crippen LogP) is 2.64. The molecule has 5 rings (SSSR count). The van der Waals surface area contributed by atoms with Gasteiger partial charge in [-0.3, -0.25) is 28.1 Å². The van der Waals surface area contributed by atoms with Crippen LogP contribution in [0.2, 0.25) is 0 Å². The molecule has 1 aromatic carbocycles. The Morgan fingerprint density at radius 2 is 1.82 bits per heavy atom. The Hall–Kier alpha value is -4.86. The second-order valence-electron chi connectivity index (χ2n) is 12.5. The van der Waals surface area contributed by atoms with Crippen molar-refractivity contribution in [1.29, 1.82) is 0 Å². The van der Waals surface area contributed by atoms with Crippen molar-refractivity contribution in [3.63, 3.8) is 0 Å². The highest BCUT2D eigenvalue weighted by Gasteiger charge is 2.31. The number of fused-ring (bicyclic) bond motifs is 1. The molecule has 0 spiro atoms. The molecule has 2 aliphatic rings. The van der Waals surface area contributed by atoms with Crippen LogP contribution < -0.4 is 26.8 Å². The summed E-state index contributed by atoms with van der Waals surface area (Å²) in [5.74, 6) is 5.57. The second kappa shape index (κ2) is 12.6. The summed E-state index contributed by atoms with van der Waals surface area (Å²) >= 11 is 0. The summed E-state index contributed by atoms with van der Waals surface area (Å²) in [6.45, 7) is 7.70. The number of alkyl carbamates (subject to hydrolysis) is 1. The molecule has 2 N–H and O–H groups in total. The molecular weight excluding hydrogens is 578 g/mol. The molecule has 2 amide bonds. The topological polar surface area (TPSA) is 150 Å². The van der Waals surface area contributed by atoms with E-state index in [0.29, 0.717) is 24.7 Å². The van der Waals surface area contributed by atoms with Gasteiger partial charge in [0.15, 0.2) is 16.9 Å². The minimum atomic E-state index is -0.693. The molecule has 0 radical (unpaired) electrons. The smallest absolute Gasteiger partial charge is 0.407 e. The average Bonchev–Trinajstić information content (AvgIpc) is 3.77. The van der Waals surface area contributed by atoms with Crippen LogP contribution in [0.4, 0.5) is 16.4 Å². The fourth-order valence-electron chi connectivity index (χ4n) is 5.44. The lowest BCUT2D eigenvalue weighted by Crippen LogP contribution is -2.49. The SMILES string of the molecule is CC#CCn1c(N2CCC[C@H](NC(=O)OC(C)(C)C)C2)nc2c1c(=O)n(CC(=O)c1ccccc1NC(=O)C1CC1)c(=O)n2C. The van der Waals surface area contributed by atoms with E-state index in [4.69, 9.17) is 9.72 Å². The maximum Gasteiger partial charge on any atom is 0.407 e. The van der Waals surface area contributed by atoms with E-state index in [9.17, 15) is 24.0 Å². The van der Waals surface area contributed by atoms with E-state index in [2.05, 4.69) is 22.5 Å². The molecular formula is C32H39N7O6. The van der Waals surface area contributed by atoms with Gasteiger partial charge in [-0.25, -0.2) is 9.59 Å². The number of piperidine rings is 1. The number of carbonyl (C=O) groups excluding carboxylic acids is 3. The van der Waals surface area contributed by atoms with Gasteiger partial charge in [0.1, 0.15) is 5.60 Å². The van der Waals surface area contributed by atoms with Gasteiger partial charge in [0, 0.05) is 37.7 Å². The standard InChI is InChI=1S/C32H39N7O6/c1-6-7-17-38-25-26(35-29(38)37-16-10-11-21(18-37)33-30(43)45-32(2,3)4)36(5)31(44)39(28(25)42)19-24(40)22-12-8-9-13-23(22)34-27(41)20-14-15-20/h8-9,12-13,20-21H,10-11,14-19H2,1-5H3,(H,33,43)(H,34,41)/t21-/m0/s1. The van der Waals surface area contributed by atoms with Crippen molar-refractivity contribution in [3.8, 4) is 11.8 Å². The summed E-state index contributed by atoms with van der Waals surface area (Å²) < 4.78 is 9.24. The Balaban J connectivity index is 1.49. The average molecular weight is 618 g/mol. The van der Waals surface area contributed by atoms with Crippen molar-refractivity contribution in [1.82, 2.24) is 24.0 Å². The fourth-order valence-corrected chi connectivity index (χ4v) is 5.44. The van der Waals surface area contributed by atoms with Crippen LogP contribution in [0.3, 0.4) is 0 Å². The normalized spacial score (nSPS) is 16.6. The first kappa shape index (κ1) is 31.6. The van der Waals surface area contributed by atoms with E-state index in [1.807, 2.05) is 4.90 Å². The molecule has 1 aliphatic carbocycles. The summed E-state index contributed by atoms with van der Waals surface area (Å²) in [7, 11) is 1.50. The first-order valence-electron chi connectivity index (χ1n) is 15.1. The number of carbonyl (C=O) groups is 3. The Morgan fingerprint density at radius 3 is 2.51 bits per heavy atom. The maximum absolute atomic E-state index is 14.0. The van der Waals surface area contributed by atoms with Crippen LogP contribution in [0.5, 0.6) is 0 Å². The molecule has 1 aliphatic heterocycles. The molecule has 13 nitrogen and oxygen atoms in total. The number of hydrogen-bond donors (Lipinski definition) is 2. The van der Waals surface area contributed by atoms with Crippen LogP contribution in [0.15, 0.2) is 33.9 Å². The summed E-state index contributed by atoms with van der Waals surface area (Å²) in [4.78, 5) is 72.5. The highest BCUT2D eigenvalue weighted by molar-refractivity contribution is 6.05. The van der Waals surface area contributed by atoms with Crippen LogP contribution in [0, 0.1) is 17.8 Å². The van der Waals surface area contributed by atoms with E-state index in [1.54, 1.807) is 56.5 Å². The summed E-state index contributed by atoms with van der Waals surface area (Å²) in [6, 6.07) is 6.35. The first-order valence-corrected chi connectivity index (χ1v) is 15.1. The van der Waals surface area contributed by atoms with Crippen molar-refractivity contribution in [2.24, 2.45) is 13.0 Å². The Labute approximate surface area is 260 Å². The molecule has 3 aromatic rings. The number of rotatable bonds is 8. The highest BCUT2D eigenvalue weighted by atomic mass is 16.6. The summed E-state index contributed by atoms with van der Waals surface area (Å²) in [5.41, 5.74) is -1.14. The number of amides is 2.